The molecule has 4 N–H and O–H groups in total. The van der Waals surface area contributed by atoms with Crippen LogP contribution in [0.2, 0.25) is 0 Å². The van der Waals surface area contributed by atoms with Crippen molar-refractivity contribution in [1.82, 2.24) is 10.6 Å². The van der Waals surface area contributed by atoms with Crippen molar-refractivity contribution in [2.45, 2.75) is 18.9 Å². The molecule has 0 saturated heterocycles. The number of benzene rings is 1. The molecule has 1 atom stereocenters. The van der Waals surface area contributed by atoms with Gasteiger partial charge in [0.2, 0.25) is 5.91 Å². The maximum absolute atomic E-state index is 13.0. The molecule has 0 spiro atoms. The van der Waals surface area contributed by atoms with E-state index in [-0.39, 0.29) is 18.9 Å². The third-order valence-corrected chi connectivity index (χ3v) is 3.52. The first-order valence-electron chi connectivity index (χ1n) is 6.70. The summed E-state index contributed by atoms with van der Waals surface area (Å²) in [6, 6.07) is 1.73. The Labute approximate surface area is 132 Å². The molecule has 1 unspecified atom stereocenters. The zero-order valence-corrected chi connectivity index (χ0v) is 13.0. The van der Waals surface area contributed by atoms with Crippen LogP contribution in [-0.2, 0) is 11.2 Å². The largest absolute Gasteiger partial charge is 0.354 e. The van der Waals surface area contributed by atoms with Crippen LogP contribution < -0.4 is 16.4 Å². The monoisotopic (exact) mass is 331 g/mol. The van der Waals surface area contributed by atoms with Gasteiger partial charge in [-0.15, -0.1) is 0 Å². The summed E-state index contributed by atoms with van der Waals surface area (Å²) >= 11 is 1.54. The molecule has 0 heterocycles. The molecule has 8 heteroatoms. The smallest absolute Gasteiger partial charge is 0.312 e. The normalized spacial score (nSPS) is 11.8. The van der Waals surface area contributed by atoms with Gasteiger partial charge in [-0.1, -0.05) is 0 Å². The fourth-order valence-electron chi connectivity index (χ4n) is 1.88. The third-order valence-electron chi connectivity index (χ3n) is 2.88. The summed E-state index contributed by atoms with van der Waals surface area (Å²) in [4.78, 5) is 22.9. The molecule has 0 fully saturated rings. The Morgan fingerprint density at radius 3 is 2.45 bits per heavy atom. The predicted octanol–water partition coefficient (Wildman–Crippen LogP) is 1.41. The average molecular weight is 331 g/mol. The average Bonchev–Trinajstić information content (AvgIpc) is 2.41. The van der Waals surface area contributed by atoms with Crippen molar-refractivity contribution in [3.05, 3.63) is 35.4 Å². The highest BCUT2D eigenvalue weighted by molar-refractivity contribution is 7.98. The Bertz CT molecular complexity index is 509. The lowest BCUT2D eigenvalue weighted by Crippen LogP contribution is -2.49. The molecule has 3 amide bonds. The molecule has 0 aromatic heterocycles. The third kappa shape index (κ3) is 6.75. The molecule has 22 heavy (non-hydrogen) atoms. The van der Waals surface area contributed by atoms with Gasteiger partial charge in [0.15, 0.2) is 0 Å². The van der Waals surface area contributed by atoms with Crippen molar-refractivity contribution in [1.29, 1.82) is 0 Å². The van der Waals surface area contributed by atoms with Gasteiger partial charge in [0.1, 0.15) is 17.7 Å². The van der Waals surface area contributed by atoms with E-state index in [1.807, 2.05) is 6.26 Å². The number of urea groups is 1. The molecule has 122 valence electrons. The highest BCUT2D eigenvalue weighted by Crippen LogP contribution is 2.08. The minimum Gasteiger partial charge on any atom is -0.354 e. The molecule has 0 aliphatic heterocycles. The van der Waals surface area contributed by atoms with Gasteiger partial charge < -0.3 is 16.4 Å². The highest BCUT2D eigenvalue weighted by Gasteiger charge is 2.18. The first-order valence-corrected chi connectivity index (χ1v) is 8.09. The van der Waals surface area contributed by atoms with E-state index >= 15 is 0 Å². The van der Waals surface area contributed by atoms with Crippen molar-refractivity contribution in [3.63, 3.8) is 0 Å². The van der Waals surface area contributed by atoms with Crippen LogP contribution in [0, 0.1) is 11.6 Å². The molecule has 1 aromatic carbocycles. The van der Waals surface area contributed by atoms with Crippen molar-refractivity contribution < 1.29 is 18.4 Å². The predicted molar refractivity (Wildman–Crippen MR) is 82.6 cm³/mol. The number of nitrogens with two attached hydrogens (primary N) is 1. The zero-order valence-electron chi connectivity index (χ0n) is 12.2. The van der Waals surface area contributed by atoms with Crippen molar-refractivity contribution in [2.75, 3.05) is 18.6 Å². The topological polar surface area (TPSA) is 84.2 Å². The van der Waals surface area contributed by atoms with Crippen LogP contribution in [0.5, 0.6) is 0 Å². The fraction of sp³-hybridized carbons (Fsp3) is 0.429. The molecule has 0 bridgehead atoms. The SMILES string of the molecule is CSCCC(NC(N)=O)C(=O)NCCc1cc(F)cc(F)c1. The van der Waals surface area contributed by atoms with E-state index in [0.29, 0.717) is 17.7 Å². The van der Waals surface area contributed by atoms with Gasteiger partial charge in [-0.3, -0.25) is 4.79 Å². The van der Waals surface area contributed by atoms with E-state index in [4.69, 9.17) is 5.73 Å². The number of hydrogen-bond acceptors (Lipinski definition) is 3. The van der Waals surface area contributed by atoms with Gasteiger partial charge in [0.05, 0.1) is 0 Å². The van der Waals surface area contributed by atoms with Gasteiger partial charge >= 0.3 is 6.03 Å². The maximum atomic E-state index is 13.0. The Hall–Kier alpha value is -1.83. The van der Waals surface area contributed by atoms with Crippen molar-refractivity contribution in [3.8, 4) is 0 Å². The van der Waals surface area contributed by atoms with E-state index in [1.165, 1.54) is 12.1 Å². The Kier molecular flexibility index (Phi) is 7.65. The molecule has 0 aliphatic carbocycles. The van der Waals surface area contributed by atoms with Gasteiger partial charge in [0, 0.05) is 12.6 Å². The van der Waals surface area contributed by atoms with E-state index in [1.54, 1.807) is 11.8 Å². The van der Waals surface area contributed by atoms with E-state index < -0.39 is 23.7 Å². The van der Waals surface area contributed by atoms with Crippen LogP contribution >= 0.6 is 11.8 Å². The van der Waals surface area contributed by atoms with Crippen LogP contribution in [0.4, 0.5) is 13.6 Å². The molecule has 1 aromatic rings. The van der Waals surface area contributed by atoms with Gasteiger partial charge in [0.25, 0.3) is 0 Å². The van der Waals surface area contributed by atoms with Crippen LogP contribution in [0.25, 0.3) is 0 Å². The minimum atomic E-state index is -0.770. The van der Waals surface area contributed by atoms with E-state index in [0.717, 1.165) is 6.07 Å². The summed E-state index contributed by atoms with van der Waals surface area (Å²) in [7, 11) is 0. The summed E-state index contributed by atoms with van der Waals surface area (Å²) in [6.07, 6.45) is 2.62. The second kappa shape index (κ2) is 9.24. The van der Waals surface area contributed by atoms with Gasteiger partial charge in [-0.25, -0.2) is 13.6 Å². The summed E-state index contributed by atoms with van der Waals surface area (Å²) in [5.74, 6) is -0.998. The zero-order chi connectivity index (χ0) is 16.5. The number of carbonyl (C=O) groups is 2. The molecular formula is C14H19F2N3O2S. The first-order chi connectivity index (χ1) is 10.4. The van der Waals surface area contributed by atoms with Crippen LogP contribution in [0.15, 0.2) is 18.2 Å². The van der Waals surface area contributed by atoms with E-state index in [9.17, 15) is 18.4 Å². The second-order valence-electron chi connectivity index (χ2n) is 4.66. The molecular weight excluding hydrogens is 312 g/mol. The summed E-state index contributed by atoms with van der Waals surface area (Å²) in [6.45, 7) is 0.206. The first kappa shape index (κ1) is 18.2. The highest BCUT2D eigenvalue weighted by atomic mass is 32.2. The van der Waals surface area contributed by atoms with Gasteiger partial charge in [-0.05, 0) is 42.5 Å². The van der Waals surface area contributed by atoms with E-state index in [2.05, 4.69) is 10.6 Å². The number of rotatable bonds is 8. The Balaban J connectivity index is 2.49. The summed E-state index contributed by atoms with van der Waals surface area (Å²) < 4.78 is 26.1. The Morgan fingerprint density at radius 1 is 1.27 bits per heavy atom. The number of primary amides is 1. The lowest BCUT2D eigenvalue weighted by atomic mass is 10.1. The van der Waals surface area contributed by atoms with Gasteiger partial charge in [-0.2, -0.15) is 11.8 Å². The number of halogens is 2. The summed E-state index contributed by atoms with van der Waals surface area (Å²) in [5.41, 5.74) is 5.48. The molecule has 0 radical (unpaired) electrons. The van der Waals surface area contributed by atoms with Crippen LogP contribution in [-0.4, -0.2) is 36.5 Å². The number of thioether (sulfide) groups is 1. The molecule has 1 rings (SSSR count). The maximum Gasteiger partial charge on any atom is 0.312 e. The van der Waals surface area contributed by atoms with Crippen molar-refractivity contribution in [2.24, 2.45) is 5.73 Å². The lowest BCUT2D eigenvalue weighted by Gasteiger charge is -2.16. The summed E-state index contributed by atoms with van der Waals surface area (Å²) in [5, 5.41) is 5.00. The Morgan fingerprint density at radius 2 is 1.91 bits per heavy atom. The standard InChI is InChI=1S/C14H19F2N3O2S/c1-22-5-3-12(19-14(17)21)13(20)18-4-2-9-6-10(15)8-11(16)7-9/h6-8,12H,2-5H2,1H3,(H,18,20)(H3,17,19,21). The second-order valence-corrected chi connectivity index (χ2v) is 5.65. The number of amides is 3. The van der Waals surface area contributed by atoms with Crippen LogP contribution in [0.1, 0.15) is 12.0 Å². The van der Waals surface area contributed by atoms with Crippen LogP contribution in [0.3, 0.4) is 0 Å². The van der Waals surface area contributed by atoms with Crippen molar-refractivity contribution >= 4 is 23.7 Å². The quantitative estimate of drug-likeness (QED) is 0.673. The minimum absolute atomic E-state index is 0.206. The molecule has 0 saturated carbocycles. The number of carbonyl (C=O) groups excluding carboxylic acids is 2. The fourth-order valence-corrected chi connectivity index (χ4v) is 2.36. The lowest BCUT2D eigenvalue weighted by molar-refractivity contribution is -0.122. The molecule has 0 aliphatic rings. The number of hydrogen-bond donors (Lipinski definition) is 3. The number of nitrogens with one attached hydrogen (secondary N) is 2. The molecule has 5 nitrogen and oxygen atoms in total.